The van der Waals surface area contributed by atoms with Gasteiger partial charge in [-0.05, 0) is 42.8 Å². The number of benzene rings is 2. The second-order valence-electron chi connectivity index (χ2n) is 6.57. The normalized spacial score (nSPS) is 14.5. The lowest BCUT2D eigenvalue weighted by Gasteiger charge is -2.23. The average Bonchev–Trinajstić information content (AvgIpc) is 2.77. The molecule has 148 valence electrons. The monoisotopic (exact) mass is 438 g/mol. The number of hydrogen-bond donors (Lipinski definition) is 0. The average molecular weight is 439 g/mol. The van der Waals surface area contributed by atoms with Crippen LogP contribution in [0.2, 0.25) is 10.0 Å². The zero-order valence-corrected chi connectivity index (χ0v) is 17.9. The van der Waals surface area contributed by atoms with Gasteiger partial charge in [-0.1, -0.05) is 36.2 Å². The number of fused-ring (bicyclic) bond motifs is 1. The second kappa shape index (κ2) is 8.23. The molecule has 8 heteroatoms. The Morgan fingerprint density at radius 3 is 2.43 bits per heavy atom. The Morgan fingerprint density at radius 2 is 1.75 bits per heavy atom. The summed E-state index contributed by atoms with van der Waals surface area (Å²) in [5.41, 5.74) is 3.71. The van der Waals surface area contributed by atoms with Crippen molar-refractivity contribution in [1.82, 2.24) is 0 Å². The maximum absolute atomic E-state index is 12.8. The number of anilines is 1. The van der Waals surface area contributed by atoms with E-state index >= 15 is 0 Å². The van der Waals surface area contributed by atoms with Gasteiger partial charge in [0.1, 0.15) is 6.54 Å². The topological polar surface area (TPSA) is 66.8 Å². The smallest absolute Gasteiger partial charge is 0.248 e. The van der Waals surface area contributed by atoms with Crippen LogP contribution in [0.5, 0.6) is 0 Å². The van der Waals surface area contributed by atoms with E-state index in [0.717, 1.165) is 11.1 Å². The third-order valence-electron chi connectivity index (χ3n) is 4.69. The van der Waals surface area contributed by atoms with Crippen molar-refractivity contribution in [3.8, 4) is 0 Å². The third-order valence-corrected chi connectivity index (χ3v) is 6.84. The summed E-state index contributed by atoms with van der Waals surface area (Å²) in [6, 6.07) is 10.6. The highest BCUT2D eigenvalue weighted by Crippen LogP contribution is 2.31. The number of halogens is 2. The number of aryl methyl sites for hydroxylation is 1. The van der Waals surface area contributed by atoms with Crippen molar-refractivity contribution in [3.05, 3.63) is 63.1 Å². The fourth-order valence-electron chi connectivity index (χ4n) is 3.13. The van der Waals surface area contributed by atoms with Crippen molar-refractivity contribution >= 4 is 50.3 Å². The van der Waals surface area contributed by atoms with Gasteiger partial charge in [-0.3, -0.25) is 9.79 Å². The summed E-state index contributed by atoms with van der Waals surface area (Å²) in [6.07, 6.45) is 0. The largest absolute Gasteiger partial charge is 0.309 e. The summed E-state index contributed by atoms with van der Waals surface area (Å²) < 4.78 is 23.9. The molecule has 3 rings (SSSR count). The second-order valence-corrected chi connectivity index (χ2v) is 9.91. The Hall–Kier alpha value is -1.89. The van der Waals surface area contributed by atoms with Crippen LogP contribution in [0.25, 0.3) is 0 Å². The molecule has 0 N–H and O–H groups in total. The van der Waals surface area contributed by atoms with Crippen LogP contribution >= 0.6 is 23.2 Å². The molecule has 0 bridgehead atoms. The van der Waals surface area contributed by atoms with E-state index in [-0.39, 0.29) is 30.5 Å². The SMILES string of the molecule is CCS(=O)(=O)CCN1C(=O)CN=C(c2ccc(Cl)cc2C)c2cc(Cl)ccc21. The third kappa shape index (κ3) is 4.40. The van der Waals surface area contributed by atoms with Crippen molar-refractivity contribution < 1.29 is 13.2 Å². The molecule has 0 radical (unpaired) electrons. The Labute approximate surface area is 174 Å². The zero-order valence-electron chi connectivity index (χ0n) is 15.6. The van der Waals surface area contributed by atoms with Crippen LogP contribution < -0.4 is 4.90 Å². The lowest BCUT2D eigenvalue weighted by molar-refractivity contribution is -0.117. The van der Waals surface area contributed by atoms with Crippen LogP contribution in [-0.2, 0) is 14.6 Å². The van der Waals surface area contributed by atoms with Crippen LogP contribution in [0.15, 0.2) is 41.4 Å². The van der Waals surface area contributed by atoms with E-state index in [2.05, 4.69) is 4.99 Å². The van der Waals surface area contributed by atoms with Crippen LogP contribution in [0.4, 0.5) is 5.69 Å². The predicted molar refractivity (Wildman–Crippen MR) is 115 cm³/mol. The molecule has 1 aliphatic rings. The molecule has 28 heavy (non-hydrogen) atoms. The van der Waals surface area contributed by atoms with Gasteiger partial charge in [0.05, 0.1) is 17.2 Å². The number of carbonyl (C=O) groups excluding carboxylic acids is 1. The lowest BCUT2D eigenvalue weighted by Crippen LogP contribution is -2.36. The highest BCUT2D eigenvalue weighted by atomic mass is 35.5. The number of nitrogens with zero attached hydrogens (tertiary/aromatic N) is 2. The minimum atomic E-state index is -3.21. The van der Waals surface area contributed by atoms with Gasteiger partial charge in [-0.15, -0.1) is 0 Å². The maximum atomic E-state index is 12.8. The number of aliphatic imine (C=N–C) groups is 1. The molecule has 0 saturated carbocycles. The van der Waals surface area contributed by atoms with Crippen molar-refractivity contribution in [2.24, 2.45) is 4.99 Å². The number of benzodiazepines with no additional fused rings is 1. The van der Waals surface area contributed by atoms with Gasteiger partial charge in [0, 0.05) is 33.5 Å². The first-order valence-electron chi connectivity index (χ1n) is 8.83. The van der Waals surface area contributed by atoms with E-state index in [1.165, 1.54) is 4.90 Å². The van der Waals surface area contributed by atoms with E-state index in [1.54, 1.807) is 31.2 Å². The molecule has 2 aromatic rings. The molecule has 1 amide bonds. The molecule has 0 atom stereocenters. The fourth-order valence-corrected chi connectivity index (χ4v) is 4.28. The molecule has 0 fully saturated rings. The highest BCUT2D eigenvalue weighted by molar-refractivity contribution is 7.91. The minimum Gasteiger partial charge on any atom is -0.309 e. The molecule has 0 aromatic heterocycles. The summed E-state index contributed by atoms with van der Waals surface area (Å²) in [5.74, 6) is -0.322. The number of amides is 1. The van der Waals surface area contributed by atoms with Gasteiger partial charge in [0.25, 0.3) is 0 Å². The molecular weight excluding hydrogens is 419 g/mol. The molecule has 0 unspecified atom stereocenters. The number of carbonyl (C=O) groups is 1. The van der Waals surface area contributed by atoms with Gasteiger partial charge in [-0.25, -0.2) is 8.42 Å². The van der Waals surface area contributed by atoms with Gasteiger partial charge in [0.2, 0.25) is 5.91 Å². The van der Waals surface area contributed by atoms with E-state index in [1.807, 2.05) is 19.1 Å². The van der Waals surface area contributed by atoms with E-state index in [0.29, 0.717) is 27.0 Å². The Kier molecular flexibility index (Phi) is 6.12. The number of hydrogen-bond acceptors (Lipinski definition) is 4. The fraction of sp³-hybridized carbons (Fsp3) is 0.300. The minimum absolute atomic E-state index is 0.0359. The number of rotatable bonds is 5. The Bertz CT molecular complexity index is 1070. The molecular formula is C20H20Cl2N2O3S. The molecule has 1 aliphatic heterocycles. The van der Waals surface area contributed by atoms with Crippen molar-refractivity contribution in [3.63, 3.8) is 0 Å². The van der Waals surface area contributed by atoms with Crippen molar-refractivity contribution in [2.75, 3.05) is 29.5 Å². The van der Waals surface area contributed by atoms with Gasteiger partial charge < -0.3 is 4.90 Å². The van der Waals surface area contributed by atoms with Gasteiger partial charge in [-0.2, -0.15) is 0 Å². The quantitative estimate of drug-likeness (QED) is 0.709. The van der Waals surface area contributed by atoms with Crippen molar-refractivity contribution in [2.45, 2.75) is 13.8 Å². The van der Waals surface area contributed by atoms with E-state index in [9.17, 15) is 13.2 Å². The molecule has 0 saturated heterocycles. The Balaban J connectivity index is 2.10. The summed E-state index contributed by atoms with van der Waals surface area (Å²) in [4.78, 5) is 18.8. The molecule has 2 aromatic carbocycles. The summed E-state index contributed by atoms with van der Waals surface area (Å²) in [6.45, 7) is 3.52. The first-order chi connectivity index (χ1) is 13.2. The first kappa shape index (κ1) is 20.8. The van der Waals surface area contributed by atoms with Crippen LogP contribution in [0, 0.1) is 6.92 Å². The maximum Gasteiger partial charge on any atom is 0.248 e. The highest BCUT2D eigenvalue weighted by Gasteiger charge is 2.27. The molecule has 1 heterocycles. The summed E-state index contributed by atoms with van der Waals surface area (Å²) in [7, 11) is -3.21. The number of sulfone groups is 1. The first-order valence-corrected chi connectivity index (χ1v) is 11.4. The van der Waals surface area contributed by atoms with Gasteiger partial charge >= 0.3 is 0 Å². The van der Waals surface area contributed by atoms with E-state index in [4.69, 9.17) is 23.2 Å². The molecule has 0 aliphatic carbocycles. The summed E-state index contributed by atoms with van der Waals surface area (Å²) in [5, 5.41) is 1.12. The van der Waals surface area contributed by atoms with Crippen molar-refractivity contribution in [1.29, 1.82) is 0 Å². The lowest BCUT2D eigenvalue weighted by atomic mass is 9.96. The standard InChI is InChI=1S/C20H20Cl2N2O3S/c1-3-28(26,27)9-8-24-18-7-5-15(22)11-17(18)20(23-12-19(24)25)16-6-4-14(21)10-13(16)2/h4-7,10-11H,3,8-9,12H2,1-2H3. The predicted octanol–water partition coefficient (Wildman–Crippen LogP) is 3.92. The summed E-state index contributed by atoms with van der Waals surface area (Å²) >= 11 is 12.3. The molecule has 5 nitrogen and oxygen atoms in total. The van der Waals surface area contributed by atoms with Crippen LogP contribution in [0.1, 0.15) is 23.6 Å². The van der Waals surface area contributed by atoms with Crippen LogP contribution in [0.3, 0.4) is 0 Å². The van der Waals surface area contributed by atoms with E-state index < -0.39 is 9.84 Å². The Morgan fingerprint density at radius 1 is 1.07 bits per heavy atom. The zero-order chi connectivity index (χ0) is 20.5. The van der Waals surface area contributed by atoms with Gasteiger partial charge in [0.15, 0.2) is 9.84 Å². The molecule has 0 spiro atoms. The van der Waals surface area contributed by atoms with Crippen LogP contribution in [-0.4, -0.2) is 44.6 Å².